The lowest BCUT2D eigenvalue weighted by atomic mass is 10.0. The van der Waals surface area contributed by atoms with Crippen LogP contribution in [0.15, 0.2) is 36.4 Å². The molecule has 0 aliphatic carbocycles. The minimum atomic E-state index is -5.16. The fraction of sp³-hybridized carbons (Fsp3) is 0.0769. The van der Waals surface area contributed by atoms with E-state index < -0.39 is 23.8 Å². The smallest absolute Gasteiger partial charge is 0.418 e. The Balaban J connectivity index is 2.61. The first-order chi connectivity index (χ1) is 9.30. The summed E-state index contributed by atoms with van der Waals surface area (Å²) in [5.41, 5.74) is 4.79. The molecule has 0 bridgehead atoms. The van der Waals surface area contributed by atoms with Crippen LogP contribution < -0.4 is 10.5 Å². The number of rotatable bonds is 2. The van der Waals surface area contributed by atoms with Crippen LogP contribution in [-0.4, -0.2) is 18.1 Å². The number of hydrogen-bond donors (Lipinski definition) is 1. The van der Waals surface area contributed by atoms with Gasteiger partial charge in [-0.1, -0.05) is 30.3 Å². The van der Waals surface area contributed by atoms with Gasteiger partial charge in [0, 0.05) is 5.39 Å². The average molecular weight is 283 g/mol. The normalized spacial score (nSPS) is 11.3. The van der Waals surface area contributed by atoms with Gasteiger partial charge >= 0.3 is 12.1 Å². The molecule has 1 amide bonds. The number of carbonyl (C=O) groups excluding carboxylic acids is 2. The van der Waals surface area contributed by atoms with Crippen LogP contribution in [0.2, 0.25) is 0 Å². The number of carbonyl (C=O) groups is 2. The number of alkyl halides is 3. The molecule has 2 rings (SSSR count). The van der Waals surface area contributed by atoms with Crippen LogP contribution in [0, 0.1) is 0 Å². The fourth-order valence-corrected chi connectivity index (χ4v) is 1.70. The number of primary amides is 1. The minimum Gasteiger partial charge on any atom is -0.418 e. The maximum atomic E-state index is 12.3. The molecule has 0 aromatic heterocycles. The maximum absolute atomic E-state index is 12.3. The second kappa shape index (κ2) is 4.84. The van der Waals surface area contributed by atoms with E-state index in [1.165, 1.54) is 24.3 Å². The van der Waals surface area contributed by atoms with Crippen molar-refractivity contribution in [1.82, 2.24) is 0 Å². The monoisotopic (exact) mass is 283 g/mol. The first-order valence-corrected chi connectivity index (χ1v) is 5.41. The summed E-state index contributed by atoms with van der Waals surface area (Å²) in [6.07, 6.45) is -5.16. The quantitative estimate of drug-likeness (QED) is 0.679. The van der Waals surface area contributed by atoms with Crippen molar-refractivity contribution in [1.29, 1.82) is 0 Å². The molecule has 0 atom stereocenters. The summed E-state index contributed by atoms with van der Waals surface area (Å²) in [5, 5.41) is 0.712. The number of esters is 1. The number of hydrogen-bond acceptors (Lipinski definition) is 3. The predicted molar refractivity (Wildman–Crippen MR) is 64.2 cm³/mol. The number of amides is 1. The summed E-state index contributed by atoms with van der Waals surface area (Å²) < 4.78 is 41.2. The molecule has 2 aromatic rings. The second-order valence-corrected chi connectivity index (χ2v) is 3.91. The van der Waals surface area contributed by atoms with E-state index in [1.807, 2.05) is 0 Å². The summed E-state index contributed by atoms with van der Waals surface area (Å²) in [6.45, 7) is 0. The Hall–Kier alpha value is -2.57. The van der Waals surface area contributed by atoms with Crippen molar-refractivity contribution in [3.63, 3.8) is 0 Å². The summed E-state index contributed by atoms with van der Waals surface area (Å²) in [5.74, 6) is -3.88. The predicted octanol–water partition coefficient (Wildman–Crippen LogP) is 2.41. The molecule has 7 heteroatoms. The lowest BCUT2D eigenvalue weighted by Crippen LogP contribution is -2.29. The van der Waals surface area contributed by atoms with Crippen molar-refractivity contribution in [3.05, 3.63) is 42.0 Å². The van der Waals surface area contributed by atoms with E-state index in [4.69, 9.17) is 5.73 Å². The zero-order valence-corrected chi connectivity index (χ0v) is 9.90. The largest absolute Gasteiger partial charge is 0.491 e. The maximum Gasteiger partial charge on any atom is 0.491 e. The molecular formula is C13H8F3NO3. The van der Waals surface area contributed by atoms with Gasteiger partial charge in [-0.05, 0) is 11.5 Å². The first kappa shape index (κ1) is 13.9. The molecule has 0 saturated carbocycles. The molecule has 0 heterocycles. The van der Waals surface area contributed by atoms with Crippen molar-refractivity contribution >= 4 is 22.6 Å². The summed E-state index contributed by atoms with van der Waals surface area (Å²) in [4.78, 5) is 22.2. The third-order valence-electron chi connectivity index (χ3n) is 2.57. The van der Waals surface area contributed by atoms with E-state index in [1.54, 1.807) is 12.1 Å². The zero-order chi connectivity index (χ0) is 14.9. The van der Waals surface area contributed by atoms with Crippen molar-refractivity contribution in [2.45, 2.75) is 6.18 Å². The van der Waals surface area contributed by atoms with Crippen molar-refractivity contribution in [2.75, 3.05) is 0 Å². The number of nitrogens with two attached hydrogens (primary N) is 1. The molecule has 0 saturated heterocycles. The van der Waals surface area contributed by atoms with E-state index in [9.17, 15) is 22.8 Å². The van der Waals surface area contributed by atoms with Crippen LogP contribution in [0.4, 0.5) is 13.2 Å². The third kappa shape index (κ3) is 2.56. The number of halogens is 3. The molecule has 104 valence electrons. The molecule has 0 fully saturated rings. The van der Waals surface area contributed by atoms with Gasteiger partial charge in [0.15, 0.2) is 5.75 Å². The Morgan fingerprint density at radius 2 is 1.70 bits per heavy atom. The van der Waals surface area contributed by atoms with Gasteiger partial charge in [-0.2, -0.15) is 13.2 Å². The minimum absolute atomic E-state index is 0.196. The van der Waals surface area contributed by atoms with Crippen LogP contribution in [-0.2, 0) is 4.79 Å². The van der Waals surface area contributed by atoms with Crippen molar-refractivity contribution in [2.24, 2.45) is 5.73 Å². The van der Waals surface area contributed by atoms with E-state index >= 15 is 0 Å². The van der Waals surface area contributed by atoms with E-state index in [0.29, 0.717) is 5.39 Å². The highest BCUT2D eigenvalue weighted by Gasteiger charge is 2.42. The number of fused-ring (bicyclic) bond motifs is 1. The SMILES string of the molecule is NC(=O)c1ccc2ccccc2c1OC(=O)C(F)(F)F. The Morgan fingerprint density at radius 3 is 2.30 bits per heavy atom. The lowest BCUT2D eigenvalue weighted by Gasteiger charge is -2.12. The molecule has 2 aromatic carbocycles. The molecule has 0 unspecified atom stereocenters. The van der Waals surface area contributed by atoms with Crippen LogP contribution in [0.1, 0.15) is 10.4 Å². The summed E-state index contributed by atoms with van der Waals surface area (Å²) in [7, 11) is 0. The van der Waals surface area contributed by atoms with Crippen molar-refractivity contribution < 1.29 is 27.5 Å². The molecule has 0 radical (unpaired) electrons. The number of ether oxygens (including phenoxy) is 1. The second-order valence-electron chi connectivity index (χ2n) is 3.91. The lowest BCUT2D eigenvalue weighted by molar-refractivity contribution is -0.189. The standard InChI is InChI=1S/C13H8F3NO3/c14-13(15,16)12(19)20-10-8-4-2-1-3-7(8)5-6-9(10)11(17)18/h1-6H,(H2,17,18). The Kier molecular flexibility index (Phi) is 3.35. The van der Waals surface area contributed by atoms with E-state index in [0.717, 1.165) is 0 Å². The Labute approximate surface area is 110 Å². The molecule has 0 spiro atoms. The fourth-order valence-electron chi connectivity index (χ4n) is 1.70. The molecule has 4 nitrogen and oxygen atoms in total. The zero-order valence-electron chi connectivity index (χ0n) is 9.90. The van der Waals surface area contributed by atoms with Gasteiger partial charge in [-0.25, -0.2) is 4.79 Å². The highest BCUT2D eigenvalue weighted by atomic mass is 19.4. The Morgan fingerprint density at radius 1 is 1.05 bits per heavy atom. The molecule has 20 heavy (non-hydrogen) atoms. The Bertz CT molecular complexity index is 695. The van der Waals surface area contributed by atoms with E-state index in [-0.39, 0.29) is 10.9 Å². The molecule has 0 aliphatic rings. The van der Waals surface area contributed by atoms with Gasteiger partial charge in [-0.3, -0.25) is 4.79 Å². The molecule has 2 N–H and O–H groups in total. The topological polar surface area (TPSA) is 69.4 Å². The van der Waals surface area contributed by atoms with Crippen molar-refractivity contribution in [3.8, 4) is 5.75 Å². The van der Waals surface area contributed by atoms with Crippen LogP contribution in [0.25, 0.3) is 10.8 Å². The molecular weight excluding hydrogens is 275 g/mol. The average Bonchev–Trinajstić information content (AvgIpc) is 2.37. The van der Waals surface area contributed by atoms with Crippen LogP contribution >= 0.6 is 0 Å². The summed E-state index contributed by atoms with van der Waals surface area (Å²) in [6, 6.07) is 8.94. The van der Waals surface area contributed by atoms with Gasteiger partial charge in [0.25, 0.3) is 5.91 Å². The first-order valence-electron chi connectivity index (χ1n) is 5.41. The van der Waals surface area contributed by atoms with Crippen LogP contribution in [0.5, 0.6) is 5.75 Å². The summed E-state index contributed by atoms with van der Waals surface area (Å²) >= 11 is 0. The van der Waals surface area contributed by atoms with E-state index in [2.05, 4.69) is 4.74 Å². The highest BCUT2D eigenvalue weighted by molar-refractivity contribution is 6.04. The molecule has 0 aliphatic heterocycles. The van der Waals surface area contributed by atoms with Gasteiger partial charge in [0.1, 0.15) is 0 Å². The third-order valence-corrected chi connectivity index (χ3v) is 2.57. The van der Waals surface area contributed by atoms with Gasteiger partial charge in [0.2, 0.25) is 0 Å². The highest BCUT2D eigenvalue weighted by Crippen LogP contribution is 2.31. The number of benzene rings is 2. The van der Waals surface area contributed by atoms with Crippen LogP contribution in [0.3, 0.4) is 0 Å². The van der Waals surface area contributed by atoms with Gasteiger partial charge in [0.05, 0.1) is 5.56 Å². The van der Waals surface area contributed by atoms with Gasteiger partial charge < -0.3 is 10.5 Å². The van der Waals surface area contributed by atoms with Gasteiger partial charge in [-0.15, -0.1) is 0 Å².